The number of imidazole rings is 1. The molecule has 2 aromatic heterocycles. The molecule has 0 unspecified atom stereocenters. The van der Waals surface area contributed by atoms with Gasteiger partial charge in [0.05, 0.1) is 23.0 Å². The summed E-state index contributed by atoms with van der Waals surface area (Å²) in [7, 11) is -3.43. The van der Waals surface area contributed by atoms with Crippen LogP contribution in [0.3, 0.4) is 0 Å². The second-order valence-electron chi connectivity index (χ2n) is 6.75. The van der Waals surface area contributed by atoms with E-state index in [-0.39, 0.29) is 11.7 Å². The quantitative estimate of drug-likeness (QED) is 0.410. The van der Waals surface area contributed by atoms with Crippen molar-refractivity contribution in [2.45, 2.75) is 13.3 Å². The fourth-order valence-electron chi connectivity index (χ4n) is 3.04. The molecule has 0 fully saturated rings. The number of carbonyl (C=O) groups excluding carboxylic acids is 1. The van der Waals surface area contributed by atoms with Crippen molar-refractivity contribution in [1.82, 2.24) is 9.97 Å². The molecule has 0 saturated carbocycles. The molecule has 0 aliphatic heterocycles. The summed E-state index contributed by atoms with van der Waals surface area (Å²) in [5.74, 6) is 0.898. The molecule has 0 radical (unpaired) electrons. The first-order chi connectivity index (χ1) is 14.4. The van der Waals surface area contributed by atoms with E-state index in [1.165, 1.54) is 6.07 Å². The number of benzene rings is 2. The number of furan rings is 1. The van der Waals surface area contributed by atoms with Gasteiger partial charge < -0.3 is 14.7 Å². The molecule has 0 saturated heterocycles. The van der Waals surface area contributed by atoms with E-state index in [9.17, 15) is 13.2 Å². The Morgan fingerprint density at radius 3 is 2.73 bits per heavy atom. The lowest BCUT2D eigenvalue weighted by Crippen LogP contribution is -2.17. The van der Waals surface area contributed by atoms with Gasteiger partial charge >= 0.3 is 0 Å². The lowest BCUT2D eigenvalue weighted by molar-refractivity contribution is 0.102. The van der Waals surface area contributed by atoms with Crippen LogP contribution in [0.4, 0.5) is 11.4 Å². The lowest BCUT2D eigenvalue weighted by atomic mass is 10.2. The molecule has 0 spiro atoms. The average molecular weight is 424 g/mol. The van der Waals surface area contributed by atoms with Crippen LogP contribution in [0.5, 0.6) is 0 Å². The number of aromatic amines is 1. The second kappa shape index (κ2) is 8.03. The molecule has 9 heteroatoms. The lowest BCUT2D eigenvalue weighted by Gasteiger charge is -2.09. The molecule has 30 heavy (non-hydrogen) atoms. The topological polar surface area (TPSA) is 117 Å². The van der Waals surface area contributed by atoms with E-state index in [1.54, 1.807) is 55.7 Å². The largest absolute Gasteiger partial charge is 0.461 e. The molecule has 1 amide bonds. The summed E-state index contributed by atoms with van der Waals surface area (Å²) in [4.78, 5) is 20.3. The van der Waals surface area contributed by atoms with Gasteiger partial charge in [-0.25, -0.2) is 13.4 Å². The van der Waals surface area contributed by atoms with Crippen LogP contribution in [-0.4, -0.2) is 30.0 Å². The third-order valence-corrected chi connectivity index (χ3v) is 5.86. The van der Waals surface area contributed by atoms with Crippen LogP contribution in [0.25, 0.3) is 22.6 Å². The van der Waals surface area contributed by atoms with Crippen LogP contribution in [0.15, 0.2) is 65.3 Å². The van der Waals surface area contributed by atoms with Gasteiger partial charge in [-0.3, -0.25) is 9.52 Å². The number of hydrogen-bond donors (Lipinski definition) is 3. The number of amides is 1. The van der Waals surface area contributed by atoms with E-state index >= 15 is 0 Å². The van der Waals surface area contributed by atoms with Gasteiger partial charge in [0, 0.05) is 16.9 Å². The smallest absolute Gasteiger partial charge is 0.255 e. The fourth-order valence-corrected chi connectivity index (χ4v) is 4.17. The zero-order valence-corrected chi connectivity index (χ0v) is 17.0. The number of fused-ring (bicyclic) bond motifs is 1. The molecule has 0 aliphatic rings. The molecule has 154 valence electrons. The van der Waals surface area contributed by atoms with Gasteiger partial charge in [-0.2, -0.15) is 0 Å². The minimum Gasteiger partial charge on any atom is -0.461 e. The van der Waals surface area contributed by atoms with Crippen LogP contribution in [0.2, 0.25) is 0 Å². The number of H-pyrrole nitrogens is 1. The molecule has 0 aliphatic carbocycles. The third kappa shape index (κ3) is 4.36. The van der Waals surface area contributed by atoms with Gasteiger partial charge in [-0.05, 0) is 55.0 Å². The van der Waals surface area contributed by atoms with E-state index in [0.29, 0.717) is 34.9 Å². The van der Waals surface area contributed by atoms with E-state index in [2.05, 4.69) is 20.0 Å². The highest BCUT2D eigenvalue weighted by atomic mass is 32.2. The molecule has 8 nitrogen and oxygen atoms in total. The number of aromatic nitrogens is 2. The van der Waals surface area contributed by atoms with Crippen LogP contribution in [0.1, 0.15) is 23.7 Å². The minimum absolute atomic E-state index is 0.0214. The Morgan fingerprint density at radius 1 is 1.10 bits per heavy atom. The van der Waals surface area contributed by atoms with Gasteiger partial charge in [-0.1, -0.05) is 13.0 Å². The molecule has 4 aromatic rings. The van der Waals surface area contributed by atoms with Crippen molar-refractivity contribution in [3.05, 3.63) is 66.4 Å². The van der Waals surface area contributed by atoms with Crippen molar-refractivity contribution < 1.29 is 17.6 Å². The number of rotatable bonds is 7. The standard InChI is InChI=1S/C21H20N4O4S/c1-2-11-30(27,28)25-16-6-3-5-14(12-16)21(26)22-15-8-9-17-18(13-15)24-20(23-17)19-7-4-10-29-19/h3-10,12-13,25H,2,11H2,1H3,(H,22,26)(H,23,24). The Kier molecular flexibility index (Phi) is 5.28. The highest BCUT2D eigenvalue weighted by Gasteiger charge is 2.13. The second-order valence-corrected chi connectivity index (χ2v) is 8.59. The molecule has 2 heterocycles. The van der Waals surface area contributed by atoms with Gasteiger partial charge in [-0.15, -0.1) is 0 Å². The first-order valence-corrected chi connectivity index (χ1v) is 11.0. The van der Waals surface area contributed by atoms with Crippen molar-refractivity contribution >= 4 is 38.3 Å². The maximum atomic E-state index is 12.7. The summed E-state index contributed by atoms with van der Waals surface area (Å²) < 4.78 is 31.8. The summed E-state index contributed by atoms with van der Waals surface area (Å²) in [5.41, 5.74) is 2.77. The number of anilines is 2. The number of nitrogens with zero attached hydrogens (tertiary/aromatic N) is 1. The Balaban J connectivity index is 1.52. The Hall–Kier alpha value is -3.59. The van der Waals surface area contributed by atoms with Crippen LogP contribution < -0.4 is 10.0 Å². The summed E-state index contributed by atoms with van der Waals surface area (Å²) in [6.07, 6.45) is 2.08. The molecular formula is C21H20N4O4S. The highest BCUT2D eigenvalue weighted by Crippen LogP contribution is 2.23. The minimum atomic E-state index is -3.43. The van der Waals surface area contributed by atoms with Crippen molar-refractivity contribution in [2.24, 2.45) is 0 Å². The summed E-state index contributed by atoms with van der Waals surface area (Å²) >= 11 is 0. The number of sulfonamides is 1. The Labute approximate surface area is 173 Å². The maximum absolute atomic E-state index is 12.7. The molecule has 4 rings (SSSR count). The predicted molar refractivity (Wildman–Crippen MR) is 116 cm³/mol. The number of nitrogens with one attached hydrogen (secondary N) is 3. The predicted octanol–water partition coefficient (Wildman–Crippen LogP) is 4.23. The van der Waals surface area contributed by atoms with Crippen LogP contribution >= 0.6 is 0 Å². The van der Waals surface area contributed by atoms with Crippen molar-refractivity contribution in [3.63, 3.8) is 0 Å². The monoisotopic (exact) mass is 424 g/mol. The first kappa shape index (κ1) is 19.7. The van der Waals surface area contributed by atoms with E-state index in [4.69, 9.17) is 4.42 Å². The Bertz CT molecular complexity index is 1290. The van der Waals surface area contributed by atoms with Gasteiger partial charge in [0.15, 0.2) is 11.6 Å². The Morgan fingerprint density at radius 2 is 1.97 bits per heavy atom. The summed E-state index contributed by atoms with van der Waals surface area (Å²) in [5, 5.41) is 2.82. The first-order valence-electron chi connectivity index (χ1n) is 9.39. The van der Waals surface area contributed by atoms with Crippen molar-refractivity contribution in [1.29, 1.82) is 0 Å². The molecule has 0 bridgehead atoms. The van der Waals surface area contributed by atoms with E-state index in [0.717, 1.165) is 11.0 Å². The van der Waals surface area contributed by atoms with Crippen LogP contribution in [-0.2, 0) is 10.0 Å². The molecule has 2 aromatic carbocycles. The maximum Gasteiger partial charge on any atom is 0.255 e. The fraction of sp³-hybridized carbons (Fsp3) is 0.143. The molecular weight excluding hydrogens is 404 g/mol. The average Bonchev–Trinajstić information content (AvgIpc) is 3.37. The highest BCUT2D eigenvalue weighted by molar-refractivity contribution is 7.92. The molecule has 3 N–H and O–H groups in total. The van der Waals surface area contributed by atoms with Crippen molar-refractivity contribution in [3.8, 4) is 11.6 Å². The van der Waals surface area contributed by atoms with Crippen molar-refractivity contribution in [2.75, 3.05) is 15.8 Å². The zero-order chi connectivity index (χ0) is 21.1. The molecule has 0 atom stereocenters. The number of carbonyl (C=O) groups is 1. The number of hydrogen-bond acceptors (Lipinski definition) is 5. The SMILES string of the molecule is CCCS(=O)(=O)Nc1cccc(C(=O)Nc2ccc3nc(-c4ccco4)[nH]c3c2)c1. The zero-order valence-electron chi connectivity index (χ0n) is 16.2. The normalized spacial score (nSPS) is 11.5. The van der Waals surface area contributed by atoms with Gasteiger partial charge in [0.25, 0.3) is 5.91 Å². The van der Waals surface area contributed by atoms with Gasteiger partial charge in [0.1, 0.15) is 0 Å². The van der Waals surface area contributed by atoms with E-state index < -0.39 is 10.0 Å². The summed E-state index contributed by atoms with van der Waals surface area (Å²) in [6.45, 7) is 1.79. The summed E-state index contributed by atoms with van der Waals surface area (Å²) in [6, 6.07) is 15.3. The van der Waals surface area contributed by atoms with Crippen LogP contribution in [0, 0.1) is 0 Å². The third-order valence-electron chi connectivity index (χ3n) is 4.37. The van der Waals surface area contributed by atoms with E-state index in [1.807, 2.05) is 6.07 Å². The van der Waals surface area contributed by atoms with Gasteiger partial charge in [0.2, 0.25) is 10.0 Å².